The van der Waals surface area contributed by atoms with Crippen molar-refractivity contribution in [2.45, 2.75) is 31.0 Å². The first-order valence-electron chi connectivity index (χ1n) is 6.93. The van der Waals surface area contributed by atoms with Crippen LogP contribution in [-0.4, -0.2) is 56.5 Å². The Kier molecular flexibility index (Phi) is 5.06. The summed E-state index contributed by atoms with van der Waals surface area (Å²) in [6.45, 7) is 5.80. The van der Waals surface area contributed by atoms with Gasteiger partial charge in [-0.3, -0.25) is 4.79 Å². The van der Waals surface area contributed by atoms with E-state index in [4.69, 9.17) is 10.5 Å². The van der Waals surface area contributed by atoms with E-state index in [1.807, 2.05) is 6.26 Å². The molecule has 1 aromatic rings. The van der Waals surface area contributed by atoms with Crippen LogP contribution in [-0.2, 0) is 4.74 Å². The average Bonchev–Trinajstić information content (AvgIpc) is 2.73. The maximum absolute atomic E-state index is 12.3. The second-order valence-corrected chi connectivity index (χ2v) is 7.36. The number of thioether (sulfide) groups is 1. The minimum atomic E-state index is -0.0339. The van der Waals surface area contributed by atoms with E-state index in [0.29, 0.717) is 10.6 Å². The number of nitrogen functional groups attached to an aromatic ring is 1. The van der Waals surface area contributed by atoms with Gasteiger partial charge in [-0.15, -0.1) is 23.1 Å². The lowest BCUT2D eigenvalue weighted by Crippen LogP contribution is -2.45. The molecule has 2 atom stereocenters. The second kappa shape index (κ2) is 6.46. The van der Waals surface area contributed by atoms with Crippen molar-refractivity contribution in [3.63, 3.8) is 0 Å². The van der Waals surface area contributed by atoms with Crippen LogP contribution >= 0.6 is 23.1 Å². The van der Waals surface area contributed by atoms with Gasteiger partial charge in [0.25, 0.3) is 5.91 Å². The highest BCUT2D eigenvalue weighted by Crippen LogP contribution is 2.44. The predicted octanol–water partition coefficient (Wildman–Crippen LogP) is 2.37. The van der Waals surface area contributed by atoms with E-state index in [-0.39, 0.29) is 18.1 Å². The van der Waals surface area contributed by atoms with Crippen LogP contribution in [0, 0.1) is 0 Å². The Morgan fingerprint density at radius 2 is 1.95 bits per heavy atom. The Morgan fingerprint density at radius 1 is 1.38 bits per heavy atom. The molecule has 2 rings (SSSR count). The van der Waals surface area contributed by atoms with E-state index in [9.17, 15) is 4.79 Å². The van der Waals surface area contributed by atoms with Crippen molar-refractivity contribution in [3.8, 4) is 0 Å². The Labute approximate surface area is 134 Å². The topological polar surface area (TPSA) is 58.8 Å². The largest absolute Gasteiger partial charge is 0.396 e. The summed E-state index contributed by atoms with van der Waals surface area (Å²) in [6.07, 6.45) is 2.36. The molecular weight excluding hydrogens is 306 g/mol. The highest BCUT2D eigenvalue weighted by molar-refractivity contribution is 7.99. The third kappa shape index (κ3) is 3.30. The number of nitrogens with two attached hydrogens (primary N) is 1. The van der Waals surface area contributed by atoms with E-state index >= 15 is 0 Å². The van der Waals surface area contributed by atoms with Crippen molar-refractivity contribution >= 4 is 39.7 Å². The van der Waals surface area contributed by atoms with Crippen LogP contribution in [0.5, 0.6) is 0 Å². The minimum absolute atomic E-state index is 0.0339. The van der Waals surface area contributed by atoms with Gasteiger partial charge in [0.15, 0.2) is 0 Å². The Balaban J connectivity index is 2.39. The zero-order chi connectivity index (χ0) is 15.7. The molecule has 1 amide bonds. The lowest BCUT2D eigenvalue weighted by atomic mass is 10.2. The van der Waals surface area contributed by atoms with Gasteiger partial charge in [0, 0.05) is 27.2 Å². The molecule has 0 bridgehead atoms. The van der Waals surface area contributed by atoms with Gasteiger partial charge in [-0.1, -0.05) is 0 Å². The molecule has 0 unspecified atom stereocenters. The van der Waals surface area contributed by atoms with Crippen LogP contribution in [0.4, 0.5) is 10.7 Å². The third-order valence-corrected chi connectivity index (χ3v) is 5.60. The summed E-state index contributed by atoms with van der Waals surface area (Å²) >= 11 is 3.09. The van der Waals surface area contributed by atoms with Crippen LogP contribution in [0.25, 0.3) is 0 Å². The SMILES string of the molecule is CSc1c(N2C[C@@H](C)O[C@@H](C)C2)sc(C(=O)N(C)C)c1N. The van der Waals surface area contributed by atoms with E-state index in [2.05, 4.69) is 18.7 Å². The summed E-state index contributed by atoms with van der Waals surface area (Å²) in [7, 11) is 3.50. The molecule has 2 heterocycles. The van der Waals surface area contributed by atoms with Gasteiger partial charge in [0.1, 0.15) is 9.88 Å². The van der Waals surface area contributed by atoms with E-state index in [1.54, 1.807) is 30.8 Å². The number of hydrogen-bond donors (Lipinski definition) is 1. The molecular formula is C14H23N3O2S2. The third-order valence-electron chi connectivity index (χ3n) is 3.39. The maximum atomic E-state index is 12.3. The summed E-state index contributed by atoms with van der Waals surface area (Å²) in [6, 6.07) is 0. The monoisotopic (exact) mass is 329 g/mol. The highest BCUT2D eigenvalue weighted by Gasteiger charge is 2.29. The van der Waals surface area contributed by atoms with Gasteiger partial charge < -0.3 is 20.3 Å². The average molecular weight is 329 g/mol. The quantitative estimate of drug-likeness (QED) is 0.863. The fourth-order valence-electron chi connectivity index (χ4n) is 2.53. The molecule has 5 nitrogen and oxygen atoms in total. The first kappa shape index (κ1) is 16.5. The highest BCUT2D eigenvalue weighted by atomic mass is 32.2. The van der Waals surface area contributed by atoms with Crippen molar-refractivity contribution in [2.75, 3.05) is 44.1 Å². The minimum Gasteiger partial charge on any atom is -0.396 e. The van der Waals surface area contributed by atoms with Crippen LogP contribution in [0.1, 0.15) is 23.5 Å². The zero-order valence-corrected chi connectivity index (χ0v) is 14.8. The lowest BCUT2D eigenvalue weighted by molar-refractivity contribution is -0.00513. The molecule has 2 N–H and O–H groups in total. The van der Waals surface area contributed by atoms with Crippen molar-refractivity contribution in [2.24, 2.45) is 0 Å². The number of carbonyl (C=O) groups is 1. The molecule has 7 heteroatoms. The molecule has 0 spiro atoms. The fourth-order valence-corrected chi connectivity index (χ4v) is 4.75. The number of ether oxygens (including phenoxy) is 1. The maximum Gasteiger partial charge on any atom is 0.265 e. The van der Waals surface area contributed by atoms with E-state index < -0.39 is 0 Å². The van der Waals surface area contributed by atoms with Gasteiger partial charge >= 0.3 is 0 Å². The van der Waals surface area contributed by atoms with Crippen LogP contribution in [0.3, 0.4) is 0 Å². The summed E-state index contributed by atoms with van der Waals surface area (Å²) in [5, 5.41) is 1.09. The molecule has 21 heavy (non-hydrogen) atoms. The molecule has 118 valence electrons. The normalized spacial score (nSPS) is 22.4. The molecule has 0 radical (unpaired) electrons. The molecule has 1 aromatic heterocycles. The van der Waals surface area contributed by atoms with E-state index in [1.165, 1.54) is 11.3 Å². The van der Waals surface area contributed by atoms with Crippen LogP contribution in [0.2, 0.25) is 0 Å². The molecule has 1 aliphatic heterocycles. The van der Waals surface area contributed by atoms with Gasteiger partial charge in [0.2, 0.25) is 0 Å². The fraction of sp³-hybridized carbons (Fsp3) is 0.643. The molecule has 0 aromatic carbocycles. The van der Waals surface area contributed by atoms with Crippen molar-refractivity contribution in [1.29, 1.82) is 0 Å². The number of thiophene rings is 1. The van der Waals surface area contributed by atoms with Gasteiger partial charge in [-0.25, -0.2) is 0 Å². The number of nitrogens with zero attached hydrogens (tertiary/aromatic N) is 2. The number of hydrogen-bond acceptors (Lipinski definition) is 6. The summed E-state index contributed by atoms with van der Waals surface area (Å²) < 4.78 is 5.78. The predicted molar refractivity (Wildman–Crippen MR) is 90.8 cm³/mol. The number of morpholine rings is 1. The second-order valence-electron chi connectivity index (χ2n) is 5.55. The number of carbonyl (C=O) groups excluding carboxylic acids is 1. The van der Waals surface area contributed by atoms with Crippen molar-refractivity contribution in [1.82, 2.24) is 4.90 Å². The van der Waals surface area contributed by atoms with Crippen LogP contribution in [0.15, 0.2) is 4.90 Å². The standard InChI is InChI=1S/C14H23N3O2S2/c1-8-6-17(7-9(2)19-8)14-12(20-5)10(15)11(21-14)13(18)16(3)4/h8-9H,6-7,15H2,1-5H3/t8-,9+. The van der Waals surface area contributed by atoms with Crippen LogP contribution < -0.4 is 10.6 Å². The molecule has 1 fully saturated rings. The van der Waals surface area contributed by atoms with Gasteiger partial charge in [-0.2, -0.15) is 0 Å². The van der Waals surface area contributed by atoms with Gasteiger partial charge in [-0.05, 0) is 20.1 Å². The Bertz CT molecular complexity index is 521. The molecule has 0 aliphatic carbocycles. The Morgan fingerprint density at radius 3 is 2.43 bits per heavy atom. The first-order valence-corrected chi connectivity index (χ1v) is 8.97. The first-order chi connectivity index (χ1) is 9.85. The van der Waals surface area contributed by atoms with Crippen molar-refractivity contribution < 1.29 is 9.53 Å². The molecule has 1 saturated heterocycles. The number of amides is 1. The van der Waals surface area contributed by atoms with E-state index in [0.717, 1.165) is 23.0 Å². The number of anilines is 2. The smallest absolute Gasteiger partial charge is 0.265 e. The summed E-state index contributed by atoms with van der Waals surface area (Å²) in [5.41, 5.74) is 6.82. The molecule has 1 aliphatic rings. The number of rotatable bonds is 3. The summed E-state index contributed by atoms with van der Waals surface area (Å²) in [5.74, 6) is -0.0339. The lowest BCUT2D eigenvalue weighted by Gasteiger charge is -2.36. The van der Waals surface area contributed by atoms with Crippen molar-refractivity contribution in [3.05, 3.63) is 4.88 Å². The van der Waals surface area contributed by atoms with Gasteiger partial charge in [0.05, 0.1) is 22.8 Å². The summed E-state index contributed by atoms with van der Waals surface area (Å²) in [4.78, 5) is 17.8. The zero-order valence-electron chi connectivity index (χ0n) is 13.2. The molecule has 0 saturated carbocycles. The Hall–Kier alpha value is -0.920.